The lowest BCUT2D eigenvalue weighted by Gasteiger charge is -2.23. The van der Waals surface area contributed by atoms with Crippen molar-refractivity contribution in [2.75, 3.05) is 11.4 Å². The van der Waals surface area contributed by atoms with E-state index in [-0.39, 0.29) is 5.91 Å². The molecular weight excluding hydrogens is 270 g/mol. The van der Waals surface area contributed by atoms with Gasteiger partial charge >= 0.3 is 0 Å². The van der Waals surface area contributed by atoms with E-state index < -0.39 is 0 Å². The van der Waals surface area contributed by atoms with Crippen LogP contribution in [0.4, 0.5) is 5.69 Å². The van der Waals surface area contributed by atoms with Crippen molar-refractivity contribution in [3.05, 3.63) is 64.7 Å². The van der Waals surface area contributed by atoms with E-state index in [1.807, 2.05) is 67.3 Å². The zero-order chi connectivity index (χ0) is 14.5. The zero-order valence-electron chi connectivity index (χ0n) is 11.8. The number of para-hydroxylation sites is 1. The van der Waals surface area contributed by atoms with Gasteiger partial charge in [-0.25, -0.2) is 0 Å². The first-order chi connectivity index (χ1) is 9.61. The predicted molar refractivity (Wildman–Crippen MR) is 84.4 cm³/mol. The highest BCUT2D eigenvalue weighted by molar-refractivity contribution is 6.30. The van der Waals surface area contributed by atoms with Crippen LogP contribution >= 0.6 is 11.6 Å². The summed E-state index contributed by atoms with van der Waals surface area (Å²) in [5, 5.41) is 0.687. The van der Waals surface area contributed by atoms with Gasteiger partial charge in [-0.05, 0) is 43.2 Å². The van der Waals surface area contributed by atoms with Gasteiger partial charge in [-0.15, -0.1) is 0 Å². The van der Waals surface area contributed by atoms with E-state index in [0.29, 0.717) is 18.0 Å². The van der Waals surface area contributed by atoms with Crippen LogP contribution in [0.25, 0.3) is 0 Å². The number of nitrogens with zero attached hydrogens (tertiary/aromatic N) is 1. The molecule has 3 heteroatoms. The fraction of sp³-hybridized carbons (Fsp3) is 0.235. The first-order valence-corrected chi connectivity index (χ1v) is 7.10. The average Bonchev–Trinajstić information content (AvgIpc) is 2.44. The lowest BCUT2D eigenvalue weighted by molar-refractivity contribution is -0.117. The second kappa shape index (κ2) is 6.58. The van der Waals surface area contributed by atoms with E-state index in [1.165, 1.54) is 0 Å². The van der Waals surface area contributed by atoms with Crippen molar-refractivity contribution in [1.29, 1.82) is 0 Å². The lowest BCUT2D eigenvalue weighted by Crippen LogP contribution is -2.32. The molecule has 0 saturated heterocycles. The van der Waals surface area contributed by atoms with Crippen molar-refractivity contribution >= 4 is 23.2 Å². The maximum Gasteiger partial charge on any atom is 0.231 e. The molecule has 2 rings (SSSR count). The van der Waals surface area contributed by atoms with E-state index in [2.05, 4.69) is 0 Å². The van der Waals surface area contributed by atoms with E-state index in [1.54, 1.807) is 0 Å². The van der Waals surface area contributed by atoms with Gasteiger partial charge in [-0.1, -0.05) is 41.9 Å². The lowest BCUT2D eigenvalue weighted by atomic mass is 10.1. The fourth-order valence-corrected chi connectivity index (χ4v) is 2.35. The molecule has 0 aliphatic heterocycles. The number of aryl methyl sites for hydroxylation is 1. The highest BCUT2D eigenvalue weighted by Gasteiger charge is 2.15. The third kappa shape index (κ3) is 3.40. The quantitative estimate of drug-likeness (QED) is 0.823. The summed E-state index contributed by atoms with van der Waals surface area (Å²) in [7, 11) is 0. The Hall–Kier alpha value is -1.80. The average molecular weight is 288 g/mol. The second-order valence-corrected chi connectivity index (χ2v) is 5.16. The van der Waals surface area contributed by atoms with Crippen molar-refractivity contribution in [3.8, 4) is 0 Å². The number of hydrogen-bond donors (Lipinski definition) is 0. The molecule has 2 aromatic rings. The third-order valence-corrected chi connectivity index (χ3v) is 3.54. The summed E-state index contributed by atoms with van der Waals surface area (Å²) in [5.74, 6) is 0.101. The number of carbonyl (C=O) groups excluding carboxylic acids is 1. The maximum atomic E-state index is 12.5. The van der Waals surface area contributed by atoms with Crippen LogP contribution in [-0.4, -0.2) is 12.5 Å². The van der Waals surface area contributed by atoms with Gasteiger partial charge < -0.3 is 4.90 Å². The van der Waals surface area contributed by atoms with Crippen molar-refractivity contribution in [1.82, 2.24) is 0 Å². The molecule has 20 heavy (non-hydrogen) atoms. The van der Waals surface area contributed by atoms with Gasteiger partial charge in [0.25, 0.3) is 0 Å². The monoisotopic (exact) mass is 287 g/mol. The second-order valence-electron chi connectivity index (χ2n) is 4.73. The molecule has 104 valence electrons. The molecule has 0 aromatic heterocycles. The van der Waals surface area contributed by atoms with Gasteiger partial charge in [0.15, 0.2) is 0 Å². The van der Waals surface area contributed by atoms with Crippen molar-refractivity contribution in [2.45, 2.75) is 20.3 Å². The normalized spacial score (nSPS) is 10.3. The summed E-state index contributed by atoms with van der Waals surface area (Å²) >= 11 is 5.86. The molecule has 2 aromatic carbocycles. The Morgan fingerprint density at radius 2 is 1.75 bits per heavy atom. The van der Waals surface area contributed by atoms with Gasteiger partial charge in [0.2, 0.25) is 5.91 Å². The molecule has 0 heterocycles. The summed E-state index contributed by atoms with van der Waals surface area (Å²) < 4.78 is 0. The van der Waals surface area contributed by atoms with Crippen molar-refractivity contribution in [2.24, 2.45) is 0 Å². The highest BCUT2D eigenvalue weighted by atomic mass is 35.5. The molecule has 0 N–H and O–H groups in total. The topological polar surface area (TPSA) is 20.3 Å². The standard InChI is InChI=1S/C17H18ClNO/c1-3-19(16-7-5-4-6-13(16)2)17(20)12-14-8-10-15(18)11-9-14/h4-11H,3,12H2,1-2H3. The van der Waals surface area contributed by atoms with Crippen LogP contribution in [0.15, 0.2) is 48.5 Å². The molecule has 0 spiro atoms. The Kier molecular flexibility index (Phi) is 4.80. The Morgan fingerprint density at radius 3 is 2.35 bits per heavy atom. The molecule has 2 nitrogen and oxygen atoms in total. The fourth-order valence-electron chi connectivity index (χ4n) is 2.22. The molecule has 0 fully saturated rings. The van der Waals surface area contributed by atoms with Crippen LogP contribution < -0.4 is 4.90 Å². The molecule has 1 amide bonds. The number of amides is 1. The number of anilines is 1. The van der Waals surface area contributed by atoms with Crippen LogP contribution in [0.5, 0.6) is 0 Å². The molecule has 0 unspecified atom stereocenters. The Bertz CT molecular complexity index is 592. The van der Waals surface area contributed by atoms with Crippen LogP contribution in [0.1, 0.15) is 18.1 Å². The Labute approximate surface area is 125 Å². The molecule has 0 atom stereocenters. The number of hydrogen-bond acceptors (Lipinski definition) is 1. The van der Waals surface area contributed by atoms with Gasteiger partial charge in [0.05, 0.1) is 6.42 Å². The number of benzene rings is 2. The molecule has 0 saturated carbocycles. The summed E-state index contributed by atoms with van der Waals surface area (Å²) in [6.45, 7) is 4.68. The minimum Gasteiger partial charge on any atom is -0.312 e. The van der Waals surface area contributed by atoms with E-state index in [9.17, 15) is 4.79 Å². The first kappa shape index (κ1) is 14.6. The Balaban J connectivity index is 2.18. The van der Waals surface area contributed by atoms with Crippen LogP contribution in [-0.2, 0) is 11.2 Å². The first-order valence-electron chi connectivity index (χ1n) is 6.72. The predicted octanol–water partition coefficient (Wildman–Crippen LogP) is 4.24. The molecule has 0 bridgehead atoms. The minimum atomic E-state index is 0.101. The van der Waals surface area contributed by atoms with E-state index >= 15 is 0 Å². The van der Waals surface area contributed by atoms with Gasteiger partial charge in [0, 0.05) is 17.3 Å². The van der Waals surface area contributed by atoms with Crippen molar-refractivity contribution < 1.29 is 4.79 Å². The SMILES string of the molecule is CCN(C(=O)Cc1ccc(Cl)cc1)c1ccccc1C. The minimum absolute atomic E-state index is 0.101. The summed E-state index contributed by atoms with van der Waals surface area (Å²) in [4.78, 5) is 14.3. The smallest absolute Gasteiger partial charge is 0.231 e. The van der Waals surface area contributed by atoms with Crippen LogP contribution in [0.2, 0.25) is 5.02 Å². The molecule has 0 radical (unpaired) electrons. The van der Waals surface area contributed by atoms with E-state index in [0.717, 1.165) is 16.8 Å². The van der Waals surface area contributed by atoms with Gasteiger partial charge in [-0.2, -0.15) is 0 Å². The van der Waals surface area contributed by atoms with Crippen LogP contribution in [0, 0.1) is 6.92 Å². The maximum absolute atomic E-state index is 12.5. The number of halogens is 1. The number of likely N-dealkylation sites (N-methyl/N-ethyl adjacent to an activating group) is 1. The van der Waals surface area contributed by atoms with Gasteiger partial charge in [-0.3, -0.25) is 4.79 Å². The van der Waals surface area contributed by atoms with Crippen LogP contribution in [0.3, 0.4) is 0 Å². The van der Waals surface area contributed by atoms with Gasteiger partial charge in [0.1, 0.15) is 0 Å². The summed E-state index contributed by atoms with van der Waals surface area (Å²) in [6, 6.07) is 15.4. The molecule has 0 aliphatic rings. The largest absolute Gasteiger partial charge is 0.312 e. The molecule has 0 aliphatic carbocycles. The number of carbonyl (C=O) groups is 1. The Morgan fingerprint density at radius 1 is 1.10 bits per heavy atom. The van der Waals surface area contributed by atoms with Crippen molar-refractivity contribution in [3.63, 3.8) is 0 Å². The summed E-state index contributed by atoms with van der Waals surface area (Å²) in [6.07, 6.45) is 0.388. The van der Waals surface area contributed by atoms with E-state index in [4.69, 9.17) is 11.6 Å². The zero-order valence-corrected chi connectivity index (χ0v) is 12.5. The summed E-state index contributed by atoms with van der Waals surface area (Å²) in [5.41, 5.74) is 3.07. The third-order valence-electron chi connectivity index (χ3n) is 3.29. The highest BCUT2D eigenvalue weighted by Crippen LogP contribution is 2.20. The molecular formula is C17H18ClNO. The number of rotatable bonds is 4.